The van der Waals surface area contributed by atoms with Crippen LogP contribution in [0.15, 0.2) is 42.5 Å². The molecule has 1 unspecified atom stereocenters. The summed E-state index contributed by atoms with van der Waals surface area (Å²) >= 11 is 0. The molecule has 4 heteroatoms. The first kappa shape index (κ1) is 14.1. The summed E-state index contributed by atoms with van der Waals surface area (Å²) in [6, 6.07) is 11.8. The first-order chi connectivity index (χ1) is 9.49. The molecule has 2 aromatic rings. The molecule has 4 nitrogen and oxygen atoms in total. The van der Waals surface area contributed by atoms with Crippen molar-refractivity contribution in [3.05, 3.63) is 59.2 Å². The van der Waals surface area contributed by atoms with Crippen LogP contribution >= 0.6 is 0 Å². The molecule has 0 aromatic heterocycles. The normalized spacial score (nSPS) is 11.9. The summed E-state index contributed by atoms with van der Waals surface area (Å²) in [7, 11) is 0. The van der Waals surface area contributed by atoms with Crippen molar-refractivity contribution < 1.29 is 15.0 Å². The zero-order chi connectivity index (χ0) is 14.7. The summed E-state index contributed by atoms with van der Waals surface area (Å²) in [4.78, 5) is 12.2. The second-order valence-corrected chi connectivity index (χ2v) is 4.72. The lowest BCUT2D eigenvalue weighted by atomic mass is 10.1. The van der Waals surface area contributed by atoms with E-state index in [4.69, 9.17) is 0 Å². The SMILES string of the molecule is Cc1cc(C(=O)Nc2ccccc2C(C)O)ccc1O. The molecule has 0 bridgehead atoms. The van der Waals surface area contributed by atoms with Gasteiger partial charge in [-0.3, -0.25) is 4.79 Å². The Bertz CT molecular complexity index is 635. The molecule has 20 heavy (non-hydrogen) atoms. The fourth-order valence-electron chi connectivity index (χ4n) is 1.97. The van der Waals surface area contributed by atoms with Crippen LogP contribution in [0.1, 0.15) is 34.5 Å². The van der Waals surface area contributed by atoms with Gasteiger partial charge < -0.3 is 15.5 Å². The third-order valence-corrected chi connectivity index (χ3v) is 3.12. The van der Waals surface area contributed by atoms with Crippen molar-refractivity contribution >= 4 is 11.6 Å². The predicted octanol–water partition coefficient (Wildman–Crippen LogP) is 3.01. The Morgan fingerprint density at radius 3 is 2.55 bits per heavy atom. The summed E-state index contributed by atoms with van der Waals surface area (Å²) in [5, 5.41) is 21.9. The Morgan fingerprint density at radius 1 is 1.20 bits per heavy atom. The first-order valence-corrected chi connectivity index (χ1v) is 6.37. The van der Waals surface area contributed by atoms with Crippen LogP contribution < -0.4 is 5.32 Å². The Labute approximate surface area is 117 Å². The highest BCUT2D eigenvalue weighted by atomic mass is 16.3. The Hall–Kier alpha value is -2.33. The van der Waals surface area contributed by atoms with Crippen molar-refractivity contribution in [2.45, 2.75) is 20.0 Å². The van der Waals surface area contributed by atoms with Crippen molar-refractivity contribution in [3.8, 4) is 5.75 Å². The minimum atomic E-state index is -0.659. The van der Waals surface area contributed by atoms with Gasteiger partial charge in [0.25, 0.3) is 5.91 Å². The molecular formula is C16H17NO3. The number of aryl methyl sites for hydroxylation is 1. The topological polar surface area (TPSA) is 69.6 Å². The summed E-state index contributed by atoms with van der Waals surface area (Å²) in [5.41, 5.74) is 2.34. The van der Waals surface area contributed by atoms with Gasteiger partial charge in [-0.05, 0) is 43.7 Å². The van der Waals surface area contributed by atoms with Crippen LogP contribution in [0.2, 0.25) is 0 Å². The van der Waals surface area contributed by atoms with Gasteiger partial charge in [-0.2, -0.15) is 0 Å². The fourth-order valence-corrected chi connectivity index (χ4v) is 1.97. The van der Waals surface area contributed by atoms with Crippen LogP contribution in [-0.2, 0) is 0 Å². The molecule has 3 N–H and O–H groups in total. The van der Waals surface area contributed by atoms with Gasteiger partial charge in [0.1, 0.15) is 5.75 Å². The number of benzene rings is 2. The second-order valence-electron chi connectivity index (χ2n) is 4.72. The van der Waals surface area contributed by atoms with Crippen molar-refractivity contribution in [1.82, 2.24) is 0 Å². The monoisotopic (exact) mass is 271 g/mol. The highest BCUT2D eigenvalue weighted by Crippen LogP contribution is 2.23. The standard InChI is InChI=1S/C16H17NO3/c1-10-9-12(7-8-15(10)19)16(20)17-14-6-4-3-5-13(14)11(2)18/h3-9,11,18-19H,1-2H3,(H,17,20). The van der Waals surface area contributed by atoms with E-state index >= 15 is 0 Å². The molecule has 2 rings (SSSR count). The van der Waals surface area contributed by atoms with E-state index in [9.17, 15) is 15.0 Å². The molecule has 1 amide bonds. The van der Waals surface area contributed by atoms with E-state index in [1.54, 1.807) is 44.2 Å². The smallest absolute Gasteiger partial charge is 0.255 e. The minimum absolute atomic E-state index is 0.158. The van der Waals surface area contributed by atoms with E-state index in [-0.39, 0.29) is 11.7 Å². The van der Waals surface area contributed by atoms with Crippen LogP contribution in [0.25, 0.3) is 0 Å². The summed E-state index contributed by atoms with van der Waals surface area (Å²) in [6.45, 7) is 3.38. The lowest BCUT2D eigenvalue weighted by molar-refractivity contribution is 0.102. The van der Waals surface area contributed by atoms with E-state index in [2.05, 4.69) is 5.32 Å². The van der Waals surface area contributed by atoms with E-state index in [1.165, 1.54) is 6.07 Å². The molecule has 0 aliphatic rings. The molecule has 2 aromatic carbocycles. The van der Waals surface area contributed by atoms with Crippen molar-refractivity contribution in [2.24, 2.45) is 0 Å². The number of aliphatic hydroxyl groups is 1. The van der Waals surface area contributed by atoms with Crippen LogP contribution in [0, 0.1) is 6.92 Å². The Balaban J connectivity index is 2.26. The number of aromatic hydroxyl groups is 1. The Kier molecular flexibility index (Phi) is 4.05. The Morgan fingerprint density at radius 2 is 1.90 bits per heavy atom. The molecule has 0 aliphatic heterocycles. The number of aliphatic hydroxyl groups excluding tert-OH is 1. The number of carbonyl (C=O) groups is 1. The predicted molar refractivity (Wildman–Crippen MR) is 77.9 cm³/mol. The van der Waals surface area contributed by atoms with Gasteiger partial charge in [-0.25, -0.2) is 0 Å². The maximum absolute atomic E-state index is 12.2. The van der Waals surface area contributed by atoms with Gasteiger partial charge in [-0.15, -0.1) is 0 Å². The highest BCUT2D eigenvalue weighted by Gasteiger charge is 2.12. The van der Waals surface area contributed by atoms with Crippen LogP contribution in [0.5, 0.6) is 5.75 Å². The van der Waals surface area contributed by atoms with E-state index in [1.807, 2.05) is 6.07 Å². The van der Waals surface area contributed by atoms with Gasteiger partial charge in [0.2, 0.25) is 0 Å². The second kappa shape index (κ2) is 5.75. The molecule has 0 saturated carbocycles. The molecular weight excluding hydrogens is 254 g/mol. The van der Waals surface area contributed by atoms with Crippen LogP contribution in [-0.4, -0.2) is 16.1 Å². The number of anilines is 1. The summed E-state index contributed by atoms with van der Waals surface area (Å²) in [6.07, 6.45) is -0.659. The number of para-hydroxylation sites is 1. The van der Waals surface area contributed by atoms with Gasteiger partial charge in [0.05, 0.1) is 6.10 Å². The summed E-state index contributed by atoms with van der Waals surface area (Å²) < 4.78 is 0. The lowest BCUT2D eigenvalue weighted by Crippen LogP contribution is -2.14. The number of phenolic OH excluding ortho intramolecular Hbond substituents is 1. The average Bonchev–Trinajstić information content (AvgIpc) is 2.42. The molecule has 0 saturated heterocycles. The van der Waals surface area contributed by atoms with Crippen molar-refractivity contribution in [2.75, 3.05) is 5.32 Å². The third kappa shape index (κ3) is 2.97. The van der Waals surface area contributed by atoms with Crippen molar-refractivity contribution in [1.29, 1.82) is 0 Å². The molecule has 1 atom stereocenters. The summed E-state index contributed by atoms with van der Waals surface area (Å²) in [5.74, 6) is -0.118. The van der Waals surface area contributed by atoms with Gasteiger partial charge in [-0.1, -0.05) is 18.2 Å². The molecule has 0 radical (unpaired) electrons. The van der Waals surface area contributed by atoms with Crippen LogP contribution in [0.3, 0.4) is 0 Å². The highest BCUT2D eigenvalue weighted by molar-refractivity contribution is 6.04. The number of amides is 1. The van der Waals surface area contributed by atoms with Crippen LogP contribution in [0.4, 0.5) is 5.69 Å². The zero-order valence-corrected chi connectivity index (χ0v) is 11.4. The van der Waals surface area contributed by atoms with E-state index in [0.717, 1.165) is 0 Å². The number of rotatable bonds is 3. The maximum Gasteiger partial charge on any atom is 0.255 e. The van der Waals surface area contributed by atoms with Gasteiger partial charge in [0, 0.05) is 16.8 Å². The van der Waals surface area contributed by atoms with E-state index < -0.39 is 6.10 Å². The molecule has 0 aliphatic carbocycles. The molecule has 0 heterocycles. The first-order valence-electron chi connectivity index (χ1n) is 6.37. The third-order valence-electron chi connectivity index (χ3n) is 3.12. The van der Waals surface area contributed by atoms with E-state index in [0.29, 0.717) is 22.4 Å². The fraction of sp³-hybridized carbons (Fsp3) is 0.188. The number of nitrogens with one attached hydrogen (secondary N) is 1. The number of carbonyl (C=O) groups excluding carboxylic acids is 1. The zero-order valence-electron chi connectivity index (χ0n) is 11.4. The lowest BCUT2D eigenvalue weighted by Gasteiger charge is -2.13. The molecule has 104 valence electrons. The average molecular weight is 271 g/mol. The number of phenols is 1. The van der Waals surface area contributed by atoms with Crippen molar-refractivity contribution in [3.63, 3.8) is 0 Å². The number of hydrogen-bond donors (Lipinski definition) is 3. The molecule has 0 fully saturated rings. The largest absolute Gasteiger partial charge is 0.508 e. The number of hydrogen-bond acceptors (Lipinski definition) is 3. The molecule has 0 spiro atoms. The quantitative estimate of drug-likeness (QED) is 0.803. The van der Waals surface area contributed by atoms with Gasteiger partial charge in [0.15, 0.2) is 0 Å². The maximum atomic E-state index is 12.2. The minimum Gasteiger partial charge on any atom is -0.508 e. The van der Waals surface area contributed by atoms with Gasteiger partial charge >= 0.3 is 0 Å².